The van der Waals surface area contributed by atoms with E-state index in [4.69, 9.17) is 11.1 Å². The molecule has 0 radical (unpaired) electrons. The maximum Gasteiger partial charge on any atom is 0.249 e. The zero-order valence-corrected chi connectivity index (χ0v) is 7.81. The minimum atomic E-state index is -0.903. The molecule has 0 aliphatic carbocycles. The van der Waals surface area contributed by atoms with E-state index < -0.39 is 11.8 Å². The standard InChI is InChI=1S/C8H4N6O2/c9-13-11-7(15)5-3-1-2-4-6(5)8(16)12-14-10/h1-4H. The molecule has 16 heavy (non-hydrogen) atoms. The fraction of sp³-hybridized carbons (Fsp3) is 0. The number of rotatable bonds is 2. The number of carbonyl (C=O) groups excluding carboxylic acids is 2. The zero-order valence-electron chi connectivity index (χ0n) is 7.81. The summed E-state index contributed by atoms with van der Waals surface area (Å²) in [5.41, 5.74) is 16.0. The molecular weight excluding hydrogens is 212 g/mol. The third-order valence-corrected chi connectivity index (χ3v) is 1.66. The van der Waals surface area contributed by atoms with Gasteiger partial charge in [0.2, 0.25) is 11.8 Å². The second-order valence-corrected chi connectivity index (χ2v) is 2.53. The summed E-state index contributed by atoms with van der Waals surface area (Å²) in [5.74, 6) is -1.81. The van der Waals surface area contributed by atoms with Crippen LogP contribution in [0.3, 0.4) is 0 Å². The second-order valence-electron chi connectivity index (χ2n) is 2.53. The summed E-state index contributed by atoms with van der Waals surface area (Å²) < 4.78 is 0. The topological polar surface area (TPSA) is 132 Å². The first kappa shape index (κ1) is 11.3. The maximum absolute atomic E-state index is 11.3. The Kier molecular flexibility index (Phi) is 3.63. The number of hydrogen-bond acceptors (Lipinski definition) is 2. The van der Waals surface area contributed by atoms with Crippen LogP contribution in [0, 0.1) is 0 Å². The lowest BCUT2D eigenvalue weighted by Gasteiger charge is -2.00. The predicted octanol–water partition coefficient (Wildman–Crippen LogP) is 2.59. The summed E-state index contributed by atoms with van der Waals surface area (Å²) in [6.07, 6.45) is 0. The van der Waals surface area contributed by atoms with Gasteiger partial charge in [0.15, 0.2) is 0 Å². The van der Waals surface area contributed by atoms with Crippen molar-refractivity contribution in [3.63, 3.8) is 0 Å². The molecule has 0 spiro atoms. The molecule has 0 saturated heterocycles. The highest BCUT2D eigenvalue weighted by atomic mass is 16.2. The Hall–Kier alpha value is -2.82. The van der Waals surface area contributed by atoms with Crippen molar-refractivity contribution in [1.29, 1.82) is 0 Å². The summed E-state index contributed by atoms with van der Waals surface area (Å²) in [7, 11) is 0. The average Bonchev–Trinajstić information content (AvgIpc) is 2.30. The lowest BCUT2D eigenvalue weighted by molar-refractivity contribution is 0.0967. The van der Waals surface area contributed by atoms with Gasteiger partial charge in [-0.2, -0.15) is 0 Å². The Morgan fingerprint density at radius 1 is 0.938 bits per heavy atom. The molecule has 0 unspecified atom stereocenters. The zero-order chi connectivity index (χ0) is 12.0. The Bertz CT molecular complexity index is 490. The fourth-order valence-electron chi connectivity index (χ4n) is 1.05. The third-order valence-electron chi connectivity index (χ3n) is 1.66. The summed E-state index contributed by atoms with van der Waals surface area (Å²) in [4.78, 5) is 27.2. The number of azide groups is 2. The molecule has 0 fully saturated rings. The van der Waals surface area contributed by atoms with E-state index in [0.29, 0.717) is 0 Å². The van der Waals surface area contributed by atoms with Crippen molar-refractivity contribution in [3.8, 4) is 0 Å². The van der Waals surface area contributed by atoms with Gasteiger partial charge in [-0.15, -0.1) is 0 Å². The van der Waals surface area contributed by atoms with E-state index in [2.05, 4.69) is 20.1 Å². The molecule has 1 aromatic carbocycles. The Morgan fingerprint density at radius 3 is 1.62 bits per heavy atom. The smallest absolute Gasteiger partial charge is 0.249 e. The van der Waals surface area contributed by atoms with Gasteiger partial charge in [0.1, 0.15) is 0 Å². The van der Waals surface area contributed by atoms with Gasteiger partial charge in [0.25, 0.3) is 0 Å². The second kappa shape index (κ2) is 5.16. The minimum Gasteiger partial charge on any atom is -0.287 e. The number of amides is 2. The molecule has 0 aliphatic rings. The van der Waals surface area contributed by atoms with Crippen LogP contribution in [0.25, 0.3) is 20.9 Å². The van der Waals surface area contributed by atoms with Crippen LogP contribution in [0.5, 0.6) is 0 Å². The molecule has 0 saturated carbocycles. The van der Waals surface area contributed by atoms with E-state index in [0.717, 1.165) is 0 Å². The number of hydrogen-bond donors (Lipinski definition) is 0. The van der Waals surface area contributed by atoms with Crippen molar-refractivity contribution in [2.24, 2.45) is 10.2 Å². The normalized spacial score (nSPS) is 8.50. The summed E-state index contributed by atoms with van der Waals surface area (Å²) in [5, 5.41) is 5.71. The van der Waals surface area contributed by atoms with Gasteiger partial charge in [0.05, 0.1) is 0 Å². The van der Waals surface area contributed by atoms with Gasteiger partial charge in [-0.3, -0.25) is 9.59 Å². The van der Waals surface area contributed by atoms with Gasteiger partial charge in [0, 0.05) is 21.0 Å². The summed E-state index contributed by atoms with van der Waals surface area (Å²) >= 11 is 0. The minimum absolute atomic E-state index is 0.0994. The quantitative estimate of drug-likeness (QED) is 0.427. The lowest BCUT2D eigenvalue weighted by atomic mass is 10.1. The molecule has 0 aliphatic heterocycles. The van der Waals surface area contributed by atoms with Crippen LogP contribution in [0.1, 0.15) is 20.7 Å². The van der Waals surface area contributed by atoms with Crippen LogP contribution in [0.15, 0.2) is 34.5 Å². The molecule has 8 heteroatoms. The van der Waals surface area contributed by atoms with Gasteiger partial charge in [-0.05, 0) is 21.3 Å². The third kappa shape index (κ3) is 2.36. The number of carbonyl (C=O) groups is 2. The van der Waals surface area contributed by atoms with Crippen LogP contribution in [0.2, 0.25) is 0 Å². The Balaban J connectivity index is 3.30. The molecule has 1 aromatic rings. The Labute approximate surface area is 88.8 Å². The maximum atomic E-state index is 11.3. The highest BCUT2D eigenvalue weighted by Crippen LogP contribution is 2.11. The van der Waals surface area contributed by atoms with Crippen molar-refractivity contribution in [2.45, 2.75) is 0 Å². The molecule has 0 bridgehead atoms. The number of nitrogens with zero attached hydrogens (tertiary/aromatic N) is 6. The summed E-state index contributed by atoms with van der Waals surface area (Å²) in [6.45, 7) is 0. The van der Waals surface area contributed by atoms with Crippen molar-refractivity contribution in [3.05, 3.63) is 56.3 Å². The van der Waals surface area contributed by atoms with E-state index >= 15 is 0 Å². The first-order valence-corrected chi connectivity index (χ1v) is 3.98. The molecule has 1 rings (SSSR count). The van der Waals surface area contributed by atoms with E-state index in [9.17, 15) is 9.59 Å². The van der Waals surface area contributed by atoms with Gasteiger partial charge in [-0.25, -0.2) is 0 Å². The van der Waals surface area contributed by atoms with Crippen LogP contribution in [-0.4, -0.2) is 11.8 Å². The van der Waals surface area contributed by atoms with E-state index in [1.807, 2.05) is 0 Å². The first-order valence-electron chi connectivity index (χ1n) is 3.98. The average molecular weight is 216 g/mol. The highest BCUT2D eigenvalue weighted by Gasteiger charge is 2.13. The molecule has 0 aromatic heterocycles. The lowest BCUT2D eigenvalue weighted by Crippen LogP contribution is -2.04. The van der Waals surface area contributed by atoms with Gasteiger partial charge < -0.3 is 0 Å². The molecule has 0 N–H and O–H groups in total. The molecule has 0 heterocycles. The van der Waals surface area contributed by atoms with E-state index in [-0.39, 0.29) is 11.1 Å². The first-order chi connectivity index (χ1) is 7.70. The SMILES string of the molecule is [N-]=[N+]=NC(=O)c1ccccc1C(=O)N=[N+]=[N-]. The van der Waals surface area contributed by atoms with Crippen LogP contribution < -0.4 is 0 Å². The van der Waals surface area contributed by atoms with Crippen molar-refractivity contribution in [1.82, 2.24) is 0 Å². The van der Waals surface area contributed by atoms with Gasteiger partial charge in [-0.1, -0.05) is 24.3 Å². The summed E-state index contributed by atoms with van der Waals surface area (Å²) in [6, 6.07) is 5.59. The van der Waals surface area contributed by atoms with E-state index in [1.165, 1.54) is 24.3 Å². The predicted molar refractivity (Wildman–Crippen MR) is 53.4 cm³/mol. The largest absolute Gasteiger partial charge is 0.287 e. The monoisotopic (exact) mass is 216 g/mol. The molecule has 2 amide bonds. The van der Waals surface area contributed by atoms with Crippen LogP contribution in [-0.2, 0) is 0 Å². The molecule has 8 nitrogen and oxygen atoms in total. The highest BCUT2D eigenvalue weighted by molar-refractivity contribution is 6.07. The van der Waals surface area contributed by atoms with E-state index in [1.54, 1.807) is 0 Å². The van der Waals surface area contributed by atoms with Crippen molar-refractivity contribution in [2.75, 3.05) is 0 Å². The fourth-order valence-corrected chi connectivity index (χ4v) is 1.05. The molecular formula is C8H4N6O2. The molecule has 0 atom stereocenters. The van der Waals surface area contributed by atoms with Crippen LogP contribution in [0.4, 0.5) is 0 Å². The van der Waals surface area contributed by atoms with Crippen molar-refractivity contribution < 1.29 is 9.59 Å². The van der Waals surface area contributed by atoms with Crippen LogP contribution >= 0.6 is 0 Å². The molecule has 78 valence electrons. The van der Waals surface area contributed by atoms with Crippen molar-refractivity contribution >= 4 is 11.8 Å². The van der Waals surface area contributed by atoms with Gasteiger partial charge >= 0.3 is 0 Å². The number of benzene rings is 1. The Morgan fingerprint density at radius 2 is 1.31 bits per heavy atom.